The van der Waals surface area contributed by atoms with Crippen LogP contribution in [0.15, 0.2) is 6.20 Å². The molecule has 1 atom stereocenters. The Balaban J connectivity index is 1.67. The van der Waals surface area contributed by atoms with Crippen molar-refractivity contribution in [3.63, 3.8) is 0 Å². The van der Waals surface area contributed by atoms with Crippen LogP contribution in [0, 0.1) is 0 Å². The van der Waals surface area contributed by atoms with E-state index < -0.39 is 18.3 Å². The number of nitrogens with zero attached hydrogens (tertiary/aromatic N) is 3. The van der Waals surface area contributed by atoms with Crippen molar-refractivity contribution in [2.45, 2.75) is 90.0 Å². The summed E-state index contributed by atoms with van der Waals surface area (Å²) in [7, 11) is 0. The Morgan fingerprint density at radius 2 is 1.86 bits per heavy atom. The summed E-state index contributed by atoms with van der Waals surface area (Å²) < 4.78 is 34.1. The normalized spacial score (nSPS) is 19.2. The first kappa shape index (κ1) is 27.8. The Hall–Kier alpha value is -2.76. The van der Waals surface area contributed by atoms with Crippen LogP contribution in [0.1, 0.15) is 76.1 Å². The third-order valence-electron chi connectivity index (χ3n) is 6.02. The minimum Gasteiger partial charge on any atom is -0.444 e. The maximum absolute atomic E-state index is 13.2. The van der Waals surface area contributed by atoms with E-state index in [0.717, 1.165) is 38.5 Å². The molecule has 2 heterocycles. The summed E-state index contributed by atoms with van der Waals surface area (Å²) in [4.78, 5) is 36.0. The van der Waals surface area contributed by atoms with E-state index in [1.165, 1.54) is 12.6 Å². The molecule has 2 fully saturated rings. The van der Waals surface area contributed by atoms with Gasteiger partial charge in [0.15, 0.2) is 0 Å². The molecule has 2 aliphatic rings. The minimum atomic E-state index is -2.84. The number of ether oxygens (including phenoxy) is 2. The highest BCUT2D eigenvalue weighted by molar-refractivity contribution is 5.98. The summed E-state index contributed by atoms with van der Waals surface area (Å²) in [6.45, 7) is 3.45. The molecule has 12 heteroatoms. The topological polar surface area (TPSA) is 118 Å². The molecular weight excluding hydrogens is 474 g/mol. The number of hydrogen-bond donors (Lipinski definition) is 3. The Bertz CT molecular complexity index is 877. The molecular formula is C24H38F2N6O4. The largest absolute Gasteiger partial charge is 0.444 e. The van der Waals surface area contributed by atoms with Crippen LogP contribution in [-0.2, 0) is 9.47 Å². The number of carbonyl (C=O) groups excluding carboxylic acids is 2. The van der Waals surface area contributed by atoms with Crippen LogP contribution < -0.4 is 16.0 Å². The van der Waals surface area contributed by atoms with Gasteiger partial charge in [0.1, 0.15) is 17.0 Å². The second kappa shape index (κ2) is 13.0. The fraction of sp³-hybridized carbons (Fsp3) is 0.750. The molecule has 0 spiro atoms. The van der Waals surface area contributed by atoms with Crippen molar-refractivity contribution in [3.05, 3.63) is 11.8 Å². The molecule has 2 amide bonds. The van der Waals surface area contributed by atoms with Gasteiger partial charge in [-0.05, 0) is 46.5 Å². The minimum absolute atomic E-state index is 0.0985. The number of amides is 2. The maximum atomic E-state index is 13.2. The molecule has 10 nitrogen and oxygen atoms in total. The predicted octanol–water partition coefficient (Wildman–Crippen LogP) is 4.00. The van der Waals surface area contributed by atoms with E-state index in [2.05, 4.69) is 30.7 Å². The Morgan fingerprint density at radius 3 is 2.56 bits per heavy atom. The third kappa shape index (κ3) is 9.03. The molecule has 3 N–H and O–H groups in total. The lowest BCUT2D eigenvalue weighted by Gasteiger charge is -2.34. The second-order valence-corrected chi connectivity index (χ2v) is 10.2. The highest BCUT2D eigenvalue weighted by atomic mass is 19.3. The standard InChI is InChI=1S/C24H38F2N6O4/c1-24(2,3)36-23(34)32-12-7-10-17(15-32)30-20(33)18-14-28-22(27-11-13-35-21(25)26)31-19(18)29-16-8-5-4-6-9-16/h14,16-17,21H,4-13,15H2,1-3H3,(H,30,33)(H2,27,28,29,31)/t17-/m1/s1. The lowest BCUT2D eigenvalue weighted by Crippen LogP contribution is -2.50. The van der Waals surface area contributed by atoms with Gasteiger partial charge in [-0.1, -0.05) is 19.3 Å². The monoisotopic (exact) mass is 512 g/mol. The van der Waals surface area contributed by atoms with Gasteiger partial charge in [0, 0.05) is 37.9 Å². The molecule has 1 aliphatic heterocycles. The van der Waals surface area contributed by atoms with Crippen LogP contribution in [0.2, 0.25) is 0 Å². The van der Waals surface area contributed by atoms with E-state index >= 15 is 0 Å². The summed E-state index contributed by atoms with van der Waals surface area (Å²) in [5.41, 5.74) is -0.296. The van der Waals surface area contributed by atoms with Crippen molar-refractivity contribution >= 4 is 23.8 Å². The molecule has 1 saturated heterocycles. The zero-order valence-electron chi connectivity index (χ0n) is 21.3. The number of hydrogen-bond acceptors (Lipinski definition) is 8. The quantitative estimate of drug-likeness (QED) is 0.425. The predicted molar refractivity (Wildman–Crippen MR) is 131 cm³/mol. The van der Waals surface area contributed by atoms with Gasteiger partial charge in [-0.15, -0.1) is 0 Å². The molecule has 1 aliphatic carbocycles. The highest BCUT2D eigenvalue weighted by Gasteiger charge is 2.29. The SMILES string of the molecule is CC(C)(C)OC(=O)N1CCC[C@@H](NC(=O)c2cnc(NCCOC(F)F)nc2NC2CCCCC2)C1. The molecule has 0 unspecified atom stereocenters. The highest BCUT2D eigenvalue weighted by Crippen LogP contribution is 2.24. The van der Waals surface area contributed by atoms with Crippen molar-refractivity contribution in [3.8, 4) is 0 Å². The van der Waals surface area contributed by atoms with E-state index in [1.807, 2.05) is 20.8 Å². The van der Waals surface area contributed by atoms with Crippen LogP contribution in [0.25, 0.3) is 0 Å². The van der Waals surface area contributed by atoms with Gasteiger partial charge < -0.3 is 30.3 Å². The summed E-state index contributed by atoms with van der Waals surface area (Å²) in [5.74, 6) is 0.278. The van der Waals surface area contributed by atoms with Gasteiger partial charge in [0.2, 0.25) is 5.95 Å². The molecule has 0 bridgehead atoms. The van der Waals surface area contributed by atoms with Crippen molar-refractivity contribution in [2.75, 3.05) is 36.9 Å². The molecule has 0 radical (unpaired) electrons. The van der Waals surface area contributed by atoms with Gasteiger partial charge in [-0.25, -0.2) is 9.78 Å². The van der Waals surface area contributed by atoms with E-state index in [9.17, 15) is 18.4 Å². The summed E-state index contributed by atoms with van der Waals surface area (Å²) in [6.07, 6.45) is 7.85. The number of nitrogens with one attached hydrogen (secondary N) is 3. The lowest BCUT2D eigenvalue weighted by molar-refractivity contribution is -0.125. The Kier molecular flexibility index (Phi) is 10.0. The van der Waals surface area contributed by atoms with Crippen LogP contribution >= 0.6 is 0 Å². The maximum Gasteiger partial charge on any atom is 0.410 e. The van der Waals surface area contributed by atoms with Gasteiger partial charge in [0.05, 0.1) is 6.61 Å². The fourth-order valence-electron chi connectivity index (χ4n) is 4.34. The average Bonchev–Trinajstić information content (AvgIpc) is 2.81. The fourth-order valence-corrected chi connectivity index (χ4v) is 4.34. The van der Waals surface area contributed by atoms with Crippen molar-refractivity contribution in [1.82, 2.24) is 20.2 Å². The first-order chi connectivity index (χ1) is 17.1. The van der Waals surface area contributed by atoms with Gasteiger partial charge in [-0.3, -0.25) is 4.79 Å². The summed E-state index contributed by atoms with van der Waals surface area (Å²) >= 11 is 0. The second-order valence-electron chi connectivity index (χ2n) is 10.2. The zero-order valence-corrected chi connectivity index (χ0v) is 21.3. The van der Waals surface area contributed by atoms with Gasteiger partial charge >= 0.3 is 12.7 Å². The number of halogens is 2. The number of aromatic nitrogens is 2. The van der Waals surface area contributed by atoms with Crippen molar-refractivity contribution < 1.29 is 27.8 Å². The molecule has 0 aromatic carbocycles. The van der Waals surface area contributed by atoms with Crippen LogP contribution in [0.3, 0.4) is 0 Å². The number of anilines is 2. The summed E-state index contributed by atoms with van der Waals surface area (Å²) in [6, 6.07) is -0.0434. The van der Waals surface area contributed by atoms with E-state index in [-0.39, 0.29) is 37.1 Å². The molecule has 3 rings (SSSR count). The van der Waals surface area contributed by atoms with Crippen LogP contribution in [-0.4, -0.2) is 77.4 Å². The molecule has 1 aromatic heterocycles. The lowest BCUT2D eigenvalue weighted by atomic mass is 9.95. The van der Waals surface area contributed by atoms with Crippen LogP contribution in [0.4, 0.5) is 25.3 Å². The number of alkyl halides is 2. The van der Waals surface area contributed by atoms with Crippen molar-refractivity contribution in [1.29, 1.82) is 0 Å². The molecule has 36 heavy (non-hydrogen) atoms. The Morgan fingerprint density at radius 1 is 1.14 bits per heavy atom. The Labute approximate surface area is 210 Å². The molecule has 202 valence electrons. The third-order valence-corrected chi connectivity index (χ3v) is 6.02. The summed E-state index contributed by atoms with van der Waals surface area (Å²) in [5, 5.41) is 9.25. The first-order valence-corrected chi connectivity index (χ1v) is 12.7. The molecule has 1 aromatic rings. The van der Waals surface area contributed by atoms with E-state index in [4.69, 9.17) is 4.74 Å². The first-order valence-electron chi connectivity index (χ1n) is 12.7. The average molecular weight is 513 g/mol. The number of likely N-dealkylation sites (tertiary alicyclic amines) is 1. The van der Waals surface area contributed by atoms with Gasteiger partial charge in [-0.2, -0.15) is 13.8 Å². The van der Waals surface area contributed by atoms with E-state index in [1.54, 1.807) is 4.90 Å². The smallest absolute Gasteiger partial charge is 0.410 e. The number of carbonyl (C=O) groups is 2. The number of piperidine rings is 1. The van der Waals surface area contributed by atoms with Crippen LogP contribution in [0.5, 0.6) is 0 Å². The molecule has 1 saturated carbocycles. The van der Waals surface area contributed by atoms with Gasteiger partial charge in [0.25, 0.3) is 5.91 Å². The number of rotatable bonds is 9. The van der Waals surface area contributed by atoms with Crippen molar-refractivity contribution in [2.24, 2.45) is 0 Å². The zero-order chi connectivity index (χ0) is 26.1. The van der Waals surface area contributed by atoms with E-state index in [0.29, 0.717) is 24.5 Å².